The predicted molar refractivity (Wildman–Crippen MR) is 52.2 cm³/mol. The largest absolute Gasteiger partial charge is 0.493 e. The van der Waals surface area contributed by atoms with Crippen molar-refractivity contribution in [2.24, 2.45) is 0 Å². The van der Waals surface area contributed by atoms with Crippen LogP contribution in [0.25, 0.3) is 6.08 Å². The molecule has 2 nitrogen and oxygen atoms in total. The smallest absolute Gasteiger partial charge is 0.126 e. The molecule has 0 aromatic heterocycles. The summed E-state index contributed by atoms with van der Waals surface area (Å²) < 4.78 is 18.1. The Labute approximate surface area is 82.2 Å². The predicted octanol–water partition coefficient (Wildman–Crippen LogP) is 2.76. The van der Waals surface area contributed by atoms with Crippen molar-refractivity contribution in [3.63, 3.8) is 0 Å². The molecule has 0 bridgehead atoms. The lowest BCUT2D eigenvalue weighted by atomic mass is 10.2. The first kappa shape index (κ1) is 10.3. The van der Waals surface area contributed by atoms with Gasteiger partial charge in [-0.25, -0.2) is 4.39 Å². The number of rotatable bonds is 3. The molecule has 3 heteroatoms. The Kier molecular flexibility index (Phi) is 3.69. The van der Waals surface area contributed by atoms with E-state index in [0.717, 1.165) is 0 Å². The van der Waals surface area contributed by atoms with Crippen molar-refractivity contribution < 1.29 is 9.13 Å². The van der Waals surface area contributed by atoms with Gasteiger partial charge in [0.25, 0.3) is 0 Å². The lowest BCUT2D eigenvalue weighted by molar-refractivity contribution is 0.339. The molecule has 0 aliphatic carbocycles. The minimum atomic E-state index is -0.342. The van der Waals surface area contributed by atoms with Gasteiger partial charge in [0.05, 0.1) is 12.7 Å². The molecule has 0 saturated heterocycles. The van der Waals surface area contributed by atoms with Crippen LogP contribution in [0.3, 0.4) is 0 Å². The Bertz CT molecular complexity index is 379. The summed E-state index contributed by atoms with van der Waals surface area (Å²) in [6.45, 7) is 2.36. The molecule has 72 valence electrons. The first-order valence-electron chi connectivity index (χ1n) is 4.26. The zero-order valence-corrected chi connectivity index (χ0v) is 7.83. The average Bonchev–Trinajstić information content (AvgIpc) is 2.18. The quantitative estimate of drug-likeness (QED) is 0.688. The van der Waals surface area contributed by atoms with Crippen LogP contribution < -0.4 is 4.74 Å². The maximum Gasteiger partial charge on any atom is 0.126 e. The Morgan fingerprint density at radius 2 is 2.36 bits per heavy atom. The molecule has 0 unspecified atom stereocenters. The summed E-state index contributed by atoms with van der Waals surface area (Å²) in [4.78, 5) is 0. The molecule has 0 aliphatic heterocycles. The van der Waals surface area contributed by atoms with Gasteiger partial charge in [0.2, 0.25) is 0 Å². The maximum atomic E-state index is 12.8. The molecule has 14 heavy (non-hydrogen) atoms. The Hall–Kier alpha value is -1.82. The van der Waals surface area contributed by atoms with E-state index in [2.05, 4.69) is 0 Å². The van der Waals surface area contributed by atoms with E-state index in [4.69, 9.17) is 10.00 Å². The van der Waals surface area contributed by atoms with Gasteiger partial charge in [0.1, 0.15) is 11.6 Å². The number of benzene rings is 1. The van der Waals surface area contributed by atoms with Crippen LogP contribution in [-0.4, -0.2) is 6.61 Å². The first-order chi connectivity index (χ1) is 6.77. The molecule has 0 spiro atoms. The molecule has 0 N–H and O–H groups in total. The second-order valence-electron chi connectivity index (χ2n) is 2.58. The fraction of sp³-hybridized carbons (Fsp3) is 0.182. The summed E-state index contributed by atoms with van der Waals surface area (Å²) in [6.07, 6.45) is 2.81. The van der Waals surface area contributed by atoms with Gasteiger partial charge in [0, 0.05) is 11.6 Å². The van der Waals surface area contributed by atoms with E-state index < -0.39 is 0 Å². The number of hydrogen-bond donors (Lipinski definition) is 0. The van der Waals surface area contributed by atoms with Crippen LogP contribution in [0.2, 0.25) is 0 Å². The van der Waals surface area contributed by atoms with Crippen molar-refractivity contribution in [2.45, 2.75) is 6.92 Å². The zero-order chi connectivity index (χ0) is 10.4. The molecule has 1 rings (SSSR count). The molecule has 0 amide bonds. The standard InChI is InChI=1S/C11H10FNO/c1-2-14-11-6-5-10(12)8-9(11)4-3-7-13/h3-6,8H,2H2,1H3. The number of nitriles is 1. The second-order valence-corrected chi connectivity index (χ2v) is 2.58. The Balaban J connectivity index is 3.03. The summed E-state index contributed by atoms with van der Waals surface area (Å²) in [7, 11) is 0. The van der Waals surface area contributed by atoms with Gasteiger partial charge in [-0.3, -0.25) is 0 Å². The van der Waals surface area contributed by atoms with Crippen molar-refractivity contribution in [3.8, 4) is 11.8 Å². The number of halogens is 1. The topological polar surface area (TPSA) is 33.0 Å². The van der Waals surface area contributed by atoms with Crippen molar-refractivity contribution >= 4 is 6.08 Å². The molecule has 1 aromatic carbocycles. The lowest BCUT2D eigenvalue weighted by Gasteiger charge is -2.06. The molecule has 0 aliphatic rings. The van der Waals surface area contributed by atoms with Crippen molar-refractivity contribution in [1.29, 1.82) is 5.26 Å². The van der Waals surface area contributed by atoms with Gasteiger partial charge in [-0.2, -0.15) is 5.26 Å². The summed E-state index contributed by atoms with van der Waals surface area (Å²) in [5.41, 5.74) is 0.577. The normalized spacial score (nSPS) is 10.1. The van der Waals surface area contributed by atoms with Crippen molar-refractivity contribution in [3.05, 3.63) is 35.7 Å². The van der Waals surface area contributed by atoms with Crippen LogP contribution in [0.15, 0.2) is 24.3 Å². The molecule has 0 heterocycles. The van der Waals surface area contributed by atoms with Gasteiger partial charge < -0.3 is 4.74 Å². The monoisotopic (exact) mass is 191 g/mol. The number of allylic oxidation sites excluding steroid dienone is 1. The molecule has 1 aromatic rings. The molecule has 0 saturated carbocycles. The van der Waals surface area contributed by atoms with Gasteiger partial charge in [-0.1, -0.05) is 0 Å². The third-order valence-corrected chi connectivity index (χ3v) is 1.61. The third kappa shape index (κ3) is 2.60. The SMILES string of the molecule is CCOc1ccc(F)cc1C=CC#N. The fourth-order valence-electron chi connectivity index (χ4n) is 1.06. The van der Waals surface area contributed by atoms with Crippen molar-refractivity contribution in [2.75, 3.05) is 6.61 Å². The van der Waals surface area contributed by atoms with E-state index in [9.17, 15) is 4.39 Å². The third-order valence-electron chi connectivity index (χ3n) is 1.61. The van der Waals surface area contributed by atoms with Crippen LogP contribution in [0.5, 0.6) is 5.75 Å². The number of hydrogen-bond acceptors (Lipinski definition) is 2. The van der Waals surface area contributed by atoms with E-state index >= 15 is 0 Å². The highest BCUT2D eigenvalue weighted by molar-refractivity contribution is 5.58. The second kappa shape index (κ2) is 5.03. The molecular formula is C11H10FNO. The van der Waals surface area contributed by atoms with Gasteiger partial charge in [-0.05, 0) is 31.2 Å². The van der Waals surface area contributed by atoms with Crippen molar-refractivity contribution in [1.82, 2.24) is 0 Å². The highest BCUT2D eigenvalue weighted by atomic mass is 19.1. The zero-order valence-electron chi connectivity index (χ0n) is 7.83. The highest BCUT2D eigenvalue weighted by Crippen LogP contribution is 2.20. The summed E-state index contributed by atoms with van der Waals surface area (Å²) in [6, 6.07) is 6.06. The Morgan fingerprint density at radius 3 is 3.00 bits per heavy atom. The van der Waals surface area contributed by atoms with E-state index in [-0.39, 0.29) is 5.82 Å². The van der Waals surface area contributed by atoms with E-state index in [1.165, 1.54) is 24.3 Å². The Morgan fingerprint density at radius 1 is 1.57 bits per heavy atom. The van der Waals surface area contributed by atoms with Gasteiger partial charge in [-0.15, -0.1) is 0 Å². The first-order valence-corrected chi connectivity index (χ1v) is 4.26. The van der Waals surface area contributed by atoms with Crippen LogP contribution >= 0.6 is 0 Å². The number of ether oxygens (including phenoxy) is 1. The summed E-state index contributed by atoms with van der Waals surface area (Å²) >= 11 is 0. The highest BCUT2D eigenvalue weighted by Gasteiger charge is 2.01. The van der Waals surface area contributed by atoms with Gasteiger partial charge in [0.15, 0.2) is 0 Å². The van der Waals surface area contributed by atoms with E-state index in [1.54, 1.807) is 6.07 Å². The summed E-state index contributed by atoms with van der Waals surface area (Å²) in [5.74, 6) is 0.242. The summed E-state index contributed by atoms with van der Waals surface area (Å²) in [5, 5.41) is 8.35. The molecule has 0 atom stereocenters. The minimum Gasteiger partial charge on any atom is -0.493 e. The molecule has 0 fully saturated rings. The molecule has 0 radical (unpaired) electrons. The fourth-order valence-corrected chi connectivity index (χ4v) is 1.06. The van der Waals surface area contributed by atoms with E-state index in [1.807, 2.05) is 13.0 Å². The van der Waals surface area contributed by atoms with Crippen LogP contribution in [0.4, 0.5) is 4.39 Å². The van der Waals surface area contributed by atoms with Crippen LogP contribution in [0.1, 0.15) is 12.5 Å². The molecular weight excluding hydrogens is 181 g/mol. The van der Waals surface area contributed by atoms with E-state index in [0.29, 0.717) is 17.9 Å². The number of nitrogens with zero attached hydrogens (tertiary/aromatic N) is 1. The average molecular weight is 191 g/mol. The lowest BCUT2D eigenvalue weighted by Crippen LogP contribution is -1.94. The van der Waals surface area contributed by atoms with Gasteiger partial charge >= 0.3 is 0 Å². The van der Waals surface area contributed by atoms with Crippen LogP contribution in [-0.2, 0) is 0 Å². The maximum absolute atomic E-state index is 12.8. The van der Waals surface area contributed by atoms with Crippen LogP contribution in [0, 0.1) is 17.1 Å². The minimum absolute atomic E-state index is 0.342.